The number of anilines is 1. The number of halogens is 1. The number of aromatic nitrogens is 1. The molecule has 0 aliphatic rings. The van der Waals surface area contributed by atoms with E-state index in [0.717, 1.165) is 0 Å². The van der Waals surface area contributed by atoms with Crippen LogP contribution in [0.25, 0.3) is 0 Å². The zero-order valence-corrected chi connectivity index (χ0v) is 14.0. The van der Waals surface area contributed by atoms with Crippen molar-refractivity contribution in [3.63, 3.8) is 0 Å². The highest BCUT2D eigenvalue weighted by Gasteiger charge is 2.08. The second-order valence-electron chi connectivity index (χ2n) is 4.92. The van der Waals surface area contributed by atoms with E-state index in [-0.39, 0.29) is 5.91 Å². The van der Waals surface area contributed by atoms with Crippen LogP contribution in [-0.4, -0.2) is 10.9 Å². The summed E-state index contributed by atoms with van der Waals surface area (Å²) in [5.74, 6) is 0.932. The molecular weight excluding hydrogens is 344 g/mol. The third-order valence-corrected chi connectivity index (χ3v) is 3.89. The summed E-state index contributed by atoms with van der Waals surface area (Å²) in [5.41, 5.74) is 1.06. The van der Waals surface area contributed by atoms with Crippen LogP contribution in [0.2, 0.25) is 5.02 Å². The van der Waals surface area contributed by atoms with E-state index < -0.39 is 0 Å². The molecule has 2 N–H and O–H groups in total. The molecule has 2 aromatic carbocycles. The standard InChI is InChI=1S/C18H13ClN2O2S/c19-15-5-1-2-6-16(15)23-13-9-7-12(8-10-13)21-17(22)14-4-3-11-20-18(14)24/h1-11H,(H,20,24)(H,21,22). The number of carbonyl (C=O) groups excluding carboxylic acids is 1. The molecule has 0 saturated heterocycles. The second kappa shape index (κ2) is 7.29. The van der Waals surface area contributed by atoms with Crippen LogP contribution in [-0.2, 0) is 0 Å². The van der Waals surface area contributed by atoms with E-state index in [9.17, 15) is 4.79 Å². The van der Waals surface area contributed by atoms with Crippen LogP contribution in [0.3, 0.4) is 0 Å². The summed E-state index contributed by atoms with van der Waals surface area (Å²) in [6, 6.07) is 17.6. The minimum absolute atomic E-state index is 0.267. The molecule has 1 amide bonds. The van der Waals surface area contributed by atoms with Crippen LogP contribution in [0, 0.1) is 4.64 Å². The molecule has 0 radical (unpaired) electrons. The zero-order valence-electron chi connectivity index (χ0n) is 12.5. The molecule has 0 bridgehead atoms. The molecule has 0 aliphatic carbocycles. The van der Waals surface area contributed by atoms with Crippen molar-refractivity contribution in [3.05, 3.63) is 82.1 Å². The van der Waals surface area contributed by atoms with Gasteiger partial charge in [0.2, 0.25) is 0 Å². The molecule has 0 fully saturated rings. The summed E-state index contributed by atoms with van der Waals surface area (Å²) >= 11 is 11.2. The number of aromatic amines is 1. The fourth-order valence-corrected chi connectivity index (χ4v) is 2.46. The number of rotatable bonds is 4. The molecule has 0 aliphatic heterocycles. The maximum atomic E-state index is 12.2. The highest BCUT2D eigenvalue weighted by molar-refractivity contribution is 7.71. The van der Waals surface area contributed by atoms with Gasteiger partial charge in [0.15, 0.2) is 0 Å². The van der Waals surface area contributed by atoms with Gasteiger partial charge in [-0.05, 0) is 48.5 Å². The van der Waals surface area contributed by atoms with Gasteiger partial charge in [0.1, 0.15) is 16.1 Å². The van der Waals surface area contributed by atoms with Crippen LogP contribution < -0.4 is 10.1 Å². The Balaban J connectivity index is 1.71. The van der Waals surface area contributed by atoms with Crippen molar-refractivity contribution in [2.75, 3.05) is 5.32 Å². The average molecular weight is 357 g/mol. The van der Waals surface area contributed by atoms with Crippen molar-refractivity contribution in [1.29, 1.82) is 0 Å². The van der Waals surface area contributed by atoms with Gasteiger partial charge in [-0.2, -0.15) is 0 Å². The second-order valence-corrected chi connectivity index (χ2v) is 5.74. The third-order valence-electron chi connectivity index (χ3n) is 3.24. The Labute approximate surface area is 149 Å². The quantitative estimate of drug-likeness (QED) is 0.612. The summed E-state index contributed by atoms with van der Waals surface area (Å²) < 4.78 is 6.10. The van der Waals surface area contributed by atoms with Gasteiger partial charge >= 0.3 is 0 Å². The van der Waals surface area contributed by atoms with Gasteiger partial charge in [0, 0.05) is 11.9 Å². The summed E-state index contributed by atoms with van der Waals surface area (Å²) in [5, 5.41) is 3.33. The molecule has 0 spiro atoms. The lowest BCUT2D eigenvalue weighted by Gasteiger charge is -2.09. The fourth-order valence-electron chi connectivity index (χ4n) is 2.06. The number of nitrogens with one attached hydrogen (secondary N) is 2. The van der Waals surface area contributed by atoms with Crippen molar-refractivity contribution >= 4 is 35.4 Å². The topological polar surface area (TPSA) is 54.1 Å². The minimum atomic E-state index is -0.267. The van der Waals surface area contributed by atoms with Gasteiger partial charge < -0.3 is 15.0 Å². The molecule has 3 rings (SSSR count). The predicted molar refractivity (Wildman–Crippen MR) is 97.5 cm³/mol. The summed E-state index contributed by atoms with van der Waals surface area (Å²) in [7, 11) is 0. The Morgan fingerprint density at radius 3 is 2.50 bits per heavy atom. The van der Waals surface area contributed by atoms with E-state index in [4.69, 9.17) is 28.6 Å². The van der Waals surface area contributed by atoms with Gasteiger partial charge in [-0.3, -0.25) is 4.79 Å². The van der Waals surface area contributed by atoms with Crippen molar-refractivity contribution in [3.8, 4) is 11.5 Å². The van der Waals surface area contributed by atoms with Crippen LogP contribution in [0.1, 0.15) is 10.4 Å². The smallest absolute Gasteiger partial charge is 0.258 e. The van der Waals surface area contributed by atoms with Crippen molar-refractivity contribution in [1.82, 2.24) is 4.98 Å². The number of pyridine rings is 1. The van der Waals surface area contributed by atoms with E-state index in [1.807, 2.05) is 12.1 Å². The van der Waals surface area contributed by atoms with Gasteiger partial charge in [0.05, 0.1) is 10.6 Å². The summed E-state index contributed by atoms with van der Waals surface area (Å²) in [6.07, 6.45) is 1.68. The number of carbonyl (C=O) groups is 1. The first-order valence-electron chi connectivity index (χ1n) is 7.15. The van der Waals surface area contributed by atoms with Gasteiger partial charge in [0.25, 0.3) is 5.91 Å². The molecule has 1 aromatic heterocycles. The van der Waals surface area contributed by atoms with E-state index >= 15 is 0 Å². The number of H-pyrrole nitrogens is 1. The Bertz CT molecular complexity index is 923. The Morgan fingerprint density at radius 2 is 1.79 bits per heavy atom. The van der Waals surface area contributed by atoms with E-state index in [0.29, 0.717) is 32.4 Å². The van der Waals surface area contributed by atoms with Gasteiger partial charge in [-0.25, -0.2) is 0 Å². The largest absolute Gasteiger partial charge is 0.456 e. The highest BCUT2D eigenvalue weighted by atomic mass is 35.5. The van der Waals surface area contributed by atoms with E-state index in [2.05, 4.69) is 10.3 Å². The molecule has 0 saturated carbocycles. The van der Waals surface area contributed by atoms with E-state index in [1.54, 1.807) is 54.7 Å². The van der Waals surface area contributed by atoms with Gasteiger partial charge in [-0.1, -0.05) is 36.0 Å². The number of hydrogen-bond donors (Lipinski definition) is 2. The minimum Gasteiger partial charge on any atom is -0.456 e. The van der Waals surface area contributed by atoms with Crippen molar-refractivity contribution in [2.24, 2.45) is 0 Å². The molecule has 0 unspecified atom stereocenters. The highest BCUT2D eigenvalue weighted by Crippen LogP contribution is 2.29. The summed E-state index contributed by atoms with van der Waals surface area (Å²) in [6.45, 7) is 0. The molecular formula is C18H13ClN2O2S. The number of ether oxygens (including phenoxy) is 1. The molecule has 3 aromatic rings. The van der Waals surface area contributed by atoms with Crippen molar-refractivity contribution in [2.45, 2.75) is 0 Å². The van der Waals surface area contributed by atoms with Crippen LogP contribution >= 0.6 is 23.8 Å². The maximum absolute atomic E-state index is 12.2. The van der Waals surface area contributed by atoms with Crippen LogP contribution in [0.5, 0.6) is 11.5 Å². The first-order chi connectivity index (χ1) is 11.6. The molecule has 0 atom stereocenters. The normalized spacial score (nSPS) is 10.2. The zero-order chi connectivity index (χ0) is 16.9. The third kappa shape index (κ3) is 3.82. The number of para-hydroxylation sites is 1. The monoisotopic (exact) mass is 356 g/mol. The molecule has 1 heterocycles. The van der Waals surface area contributed by atoms with Gasteiger partial charge in [-0.15, -0.1) is 0 Å². The Morgan fingerprint density at radius 1 is 1.04 bits per heavy atom. The number of hydrogen-bond acceptors (Lipinski definition) is 3. The lowest BCUT2D eigenvalue weighted by Crippen LogP contribution is -2.12. The average Bonchev–Trinajstić information content (AvgIpc) is 2.59. The number of amides is 1. The fraction of sp³-hybridized carbons (Fsp3) is 0. The van der Waals surface area contributed by atoms with Crippen LogP contribution in [0.15, 0.2) is 66.9 Å². The lowest BCUT2D eigenvalue weighted by atomic mass is 10.2. The summed E-state index contributed by atoms with van der Waals surface area (Å²) in [4.78, 5) is 15.0. The molecule has 120 valence electrons. The van der Waals surface area contributed by atoms with Crippen LogP contribution in [0.4, 0.5) is 5.69 Å². The first-order valence-corrected chi connectivity index (χ1v) is 7.93. The Kier molecular flexibility index (Phi) is 4.93. The van der Waals surface area contributed by atoms with E-state index in [1.165, 1.54) is 0 Å². The molecule has 6 heteroatoms. The Hall–Kier alpha value is -2.63. The first kappa shape index (κ1) is 16.2. The lowest BCUT2D eigenvalue weighted by molar-refractivity contribution is 0.102. The molecule has 4 nitrogen and oxygen atoms in total. The predicted octanol–water partition coefficient (Wildman–Crippen LogP) is 5.44. The maximum Gasteiger partial charge on any atom is 0.258 e. The number of benzene rings is 2. The molecule has 24 heavy (non-hydrogen) atoms. The van der Waals surface area contributed by atoms with Crippen molar-refractivity contribution < 1.29 is 9.53 Å². The SMILES string of the molecule is O=C(Nc1ccc(Oc2ccccc2Cl)cc1)c1ccc[nH]c1=S.